The number of nitrogens with one attached hydrogen (secondary N) is 1. The largest absolute Gasteiger partial charge is 0.361 e. The van der Waals surface area contributed by atoms with E-state index < -0.39 is 0 Å². The summed E-state index contributed by atoms with van der Waals surface area (Å²) >= 11 is 1.57. The lowest BCUT2D eigenvalue weighted by Gasteiger charge is -2.17. The molecule has 2 aromatic rings. The highest BCUT2D eigenvalue weighted by Gasteiger charge is 2.04. The van der Waals surface area contributed by atoms with Crippen molar-refractivity contribution in [1.29, 1.82) is 0 Å². The van der Waals surface area contributed by atoms with Crippen LogP contribution >= 0.6 is 11.3 Å². The molecule has 104 valence electrons. The van der Waals surface area contributed by atoms with Gasteiger partial charge in [-0.3, -0.25) is 0 Å². The van der Waals surface area contributed by atoms with E-state index in [2.05, 4.69) is 29.0 Å². The van der Waals surface area contributed by atoms with E-state index in [0.29, 0.717) is 0 Å². The van der Waals surface area contributed by atoms with Crippen molar-refractivity contribution in [1.82, 2.24) is 9.88 Å². The van der Waals surface area contributed by atoms with E-state index in [-0.39, 0.29) is 5.82 Å². The number of thiazole rings is 1. The number of anilines is 1. The van der Waals surface area contributed by atoms with Crippen LogP contribution in [0.4, 0.5) is 9.52 Å². The lowest BCUT2D eigenvalue weighted by molar-refractivity contribution is 0.303. The molecule has 1 aromatic heterocycles. The van der Waals surface area contributed by atoms with E-state index in [1.165, 1.54) is 12.1 Å². The van der Waals surface area contributed by atoms with Crippen LogP contribution in [0.1, 0.15) is 20.3 Å². The molecule has 5 heteroatoms. The molecule has 0 bridgehead atoms. The number of fused-ring (bicyclic) bond motifs is 1. The third kappa shape index (κ3) is 3.88. The first-order valence-corrected chi connectivity index (χ1v) is 7.57. The van der Waals surface area contributed by atoms with Crippen molar-refractivity contribution in [3.05, 3.63) is 24.0 Å². The summed E-state index contributed by atoms with van der Waals surface area (Å²) in [4.78, 5) is 6.78. The Kier molecular flexibility index (Phi) is 5.10. The Morgan fingerprint density at radius 3 is 2.84 bits per heavy atom. The van der Waals surface area contributed by atoms with Crippen molar-refractivity contribution in [2.45, 2.75) is 20.3 Å². The van der Waals surface area contributed by atoms with Crippen molar-refractivity contribution < 1.29 is 4.39 Å². The maximum atomic E-state index is 13.1. The van der Waals surface area contributed by atoms with Crippen molar-refractivity contribution in [3.8, 4) is 0 Å². The second kappa shape index (κ2) is 6.82. The van der Waals surface area contributed by atoms with Crippen LogP contribution in [0.25, 0.3) is 10.2 Å². The summed E-state index contributed by atoms with van der Waals surface area (Å²) in [7, 11) is 0. The normalized spacial score (nSPS) is 11.4. The molecule has 0 unspecified atom stereocenters. The van der Waals surface area contributed by atoms with Crippen molar-refractivity contribution in [2.24, 2.45) is 0 Å². The van der Waals surface area contributed by atoms with Crippen LogP contribution < -0.4 is 5.32 Å². The zero-order chi connectivity index (χ0) is 13.7. The van der Waals surface area contributed by atoms with Crippen LogP contribution in [-0.2, 0) is 0 Å². The van der Waals surface area contributed by atoms with E-state index in [0.717, 1.165) is 47.9 Å². The van der Waals surface area contributed by atoms with Gasteiger partial charge in [0.25, 0.3) is 0 Å². The maximum absolute atomic E-state index is 13.1. The van der Waals surface area contributed by atoms with E-state index >= 15 is 0 Å². The molecular weight excluding hydrogens is 261 g/mol. The molecule has 1 aromatic carbocycles. The lowest BCUT2D eigenvalue weighted by Crippen LogP contribution is -2.25. The average molecular weight is 281 g/mol. The highest BCUT2D eigenvalue weighted by molar-refractivity contribution is 7.22. The smallest absolute Gasteiger partial charge is 0.183 e. The highest BCUT2D eigenvalue weighted by atomic mass is 32.1. The molecule has 0 saturated carbocycles. The number of halogens is 1. The van der Waals surface area contributed by atoms with Crippen LogP contribution in [0, 0.1) is 5.82 Å². The van der Waals surface area contributed by atoms with Gasteiger partial charge in [-0.15, -0.1) is 0 Å². The summed E-state index contributed by atoms with van der Waals surface area (Å²) in [5.74, 6) is -0.231. The van der Waals surface area contributed by atoms with Crippen molar-refractivity contribution >= 4 is 26.7 Å². The van der Waals surface area contributed by atoms with Gasteiger partial charge >= 0.3 is 0 Å². The first kappa shape index (κ1) is 14.2. The number of nitrogens with zero attached hydrogens (tertiary/aromatic N) is 2. The summed E-state index contributed by atoms with van der Waals surface area (Å²) in [6.07, 6.45) is 1.09. The fourth-order valence-electron chi connectivity index (χ4n) is 2.01. The zero-order valence-electron chi connectivity index (χ0n) is 11.4. The number of hydrogen-bond donors (Lipinski definition) is 1. The van der Waals surface area contributed by atoms with Gasteiger partial charge in [-0.05, 0) is 38.2 Å². The topological polar surface area (TPSA) is 28.2 Å². The Morgan fingerprint density at radius 2 is 2.11 bits per heavy atom. The quantitative estimate of drug-likeness (QED) is 0.786. The Labute approximate surface area is 117 Å². The first-order valence-electron chi connectivity index (χ1n) is 6.75. The third-order valence-corrected chi connectivity index (χ3v) is 4.17. The Bertz CT molecular complexity index is 522. The lowest BCUT2D eigenvalue weighted by atomic mass is 10.3. The van der Waals surface area contributed by atoms with Crippen LogP contribution in [0.15, 0.2) is 18.2 Å². The molecular formula is C14H20FN3S. The van der Waals surface area contributed by atoms with E-state index in [1.54, 1.807) is 17.4 Å². The minimum atomic E-state index is -0.231. The van der Waals surface area contributed by atoms with Crippen molar-refractivity contribution in [2.75, 3.05) is 31.5 Å². The molecule has 0 saturated heterocycles. The molecule has 1 heterocycles. The first-order chi connectivity index (χ1) is 9.22. The van der Waals surface area contributed by atoms with Gasteiger partial charge in [0.1, 0.15) is 5.82 Å². The van der Waals surface area contributed by atoms with Gasteiger partial charge in [-0.25, -0.2) is 9.37 Å². The van der Waals surface area contributed by atoms with Gasteiger partial charge in [0.05, 0.1) is 10.2 Å². The number of rotatable bonds is 7. The molecule has 0 fully saturated rings. The fourth-order valence-corrected chi connectivity index (χ4v) is 2.89. The predicted molar refractivity (Wildman–Crippen MR) is 80.5 cm³/mol. The third-order valence-electron chi connectivity index (χ3n) is 3.17. The van der Waals surface area contributed by atoms with Crippen LogP contribution in [0.5, 0.6) is 0 Å². The van der Waals surface area contributed by atoms with Gasteiger partial charge < -0.3 is 10.2 Å². The molecule has 0 aliphatic carbocycles. The molecule has 3 nitrogen and oxygen atoms in total. The molecule has 0 atom stereocenters. The average Bonchev–Trinajstić information content (AvgIpc) is 2.80. The minimum Gasteiger partial charge on any atom is -0.361 e. The van der Waals surface area contributed by atoms with E-state index in [9.17, 15) is 4.39 Å². The molecule has 1 N–H and O–H groups in total. The predicted octanol–water partition coefficient (Wildman–Crippen LogP) is 3.58. The second-order valence-electron chi connectivity index (χ2n) is 4.44. The standard InChI is InChI=1S/C14H20FN3S/c1-3-18(4-2)9-5-8-16-14-17-12-10-11(15)6-7-13(12)19-14/h6-7,10H,3-5,8-9H2,1-2H3,(H,16,17). The Hall–Kier alpha value is -1.20. The maximum Gasteiger partial charge on any atom is 0.183 e. The second-order valence-corrected chi connectivity index (χ2v) is 5.47. The summed E-state index contributed by atoms with van der Waals surface area (Å²) in [5, 5.41) is 4.19. The van der Waals surface area contributed by atoms with Gasteiger partial charge in [0.15, 0.2) is 5.13 Å². The molecule has 0 spiro atoms. The fraction of sp³-hybridized carbons (Fsp3) is 0.500. The molecule has 0 amide bonds. The van der Waals surface area contributed by atoms with Crippen LogP contribution in [0.2, 0.25) is 0 Å². The minimum absolute atomic E-state index is 0.231. The van der Waals surface area contributed by atoms with Crippen LogP contribution in [0.3, 0.4) is 0 Å². The summed E-state index contributed by atoms with van der Waals surface area (Å²) < 4.78 is 14.1. The SMILES string of the molecule is CCN(CC)CCCNc1nc2cc(F)ccc2s1. The van der Waals surface area contributed by atoms with Gasteiger partial charge in [0.2, 0.25) is 0 Å². The van der Waals surface area contributed by atoms with E-state index in [4.69, 9.17) is 0 Å². The summed E-state index contributed by atoms with van der Waals surface area (Å²) in [6, 6.07) is 4.74. The number of aromatic nitrogens is 1. The molecule has 0 aliphatic heterocycles. The molecule has 2 rings (SSSR count). The van der Waals surface area contributed by atoms with Crippen molar-refractivity contribution in [3.63, 3.8) is 0 Å². The number of benzene rings is 1. The van der Waals surface area contributed by atoms with Gasteiger partial charge in [0, 0.05) is 12.6 Å². The zero-order valence-corrected chi connectivity index (χ0v) is 12.3. The molecule has 0 radical (unpaired) electrons. The summed E-state index contributed by atoms with van der Waals surface area (Å²) in [6.45, 7) is 8.55. The van der Waals surface area contributed by atoms with Gasteiger partial charge in [-0.2, -0.15) is 0 Å². The Morgan fingerprint density at radius 1 is 1.32 bits per heavy atom. The highest BCUT2D eigenvalue weighted by Crippen LogP contribution is 2.26. The number of hydrogen-bond acceptors (Lipinski definition) is 4. The summed E-state index contributed by atoms with van der Waals surface area (Å²) in [5.41, 5.74) is 0.733. The van der Waals surface area contributed by atoms with Crippen LogP contribution in [-0.4, -0.2) is 36.1 Å². The van der Waals surface area contributed by atoms with Gasteiger partial charge in [-0.1, -0.05) is 25.2 Å². The molecule has 0 aliphatic rings. The molecule has 19 heavy (non-hydrogen) atoms. The monoisotopic (exact) mass is 281 g/mol. The Balaban J connectivity index is 1.84. The van der Waals surface area contributed by atoms with E-state index in [1.807, 2.05) is 0 Å².